The molecule has 1 rings (SSSR count). The van der Waals surface area contributed by atoms with Gasteiger partial charge in [-0.1, -0.05) is 6.08 Å². The number of rotatable bonds is 5. The summed E-state index contributed by atoms with van der Waals surface area (Å²) in [6.45, 7) is 3.36. The third-order valence-corrected chi connectivity index (χ3v) is 3.14. The summed E-state index contributed by atoms with van der Waals surface area (Å²) in [5, 5.41) is 0. The second-order valence-corrected chi connectivity index (χ2v) is 5.01. The van der Waals surface area contributed by atoms with Crippen molar-refractivity contribution in [2.75, 3.05) is 17.6 Å². The van der Waals surface area contributed by atoms with Gasteiger partial charge in [0.1, 0.15) is 0 Å². The summed E-state index contributed by atoms with van der Waals surface area (Å²) in [4.78, 5) is 11.1. The van der Waals surface area contributed by atoms with E-state index in [4.69, 9.17) is 0 Å². The van der Waals surface area contributed by atoms with Crippen LogP contribution in [0.2, 0.25) is 0 Å². The molecule has 0 unspecified atom stereocenters. The van der Waals surface area contributed by atoms with Gasteiger partial charge in [0.15, 0.2) is 0 Å². The molecule has 6 heteroatoms. The molecule has 0 bridgehead atoms. The molecule has 0 heterocycles. The molecule has 5 nitrogen and oxygen atoms in total. The fourth-order valence-corrected chi connectivity index (χ4v) is 2.06. The number of ether oxygens (including phenoxy) is 1. The summed E-state index contributed by atoms with van der Waals surface area (Å²) in [5.74, 6) is -0.628. The third-order valence-electron chi connectivity index (χ3n) is 1.92. The Morgan fingerprint density at radius 3 is 2.47 bits per heavy atom. The SMILES string of the molecule is C=CCS(=O)(=O)Nc1ccc(C(=O)OC)cc1. The molecule has 1 aromatic carbocycles. The Hall–Kier alpha value is -1.82. The van der Waals surface area contributed by atoms with Gasteiger partial charge in [-0.15, -0.1) is 6.58 Å². The standard InChI is InChI=1S/C11H13NO4S/c1-3-8-17(14,15)12-10-6-4-9(5-7-10)11(13)16-2/h3-7,12H,1,8H2,2H3. The maximum absolute atomic E-state index is 11.4. The second-order valence-electron chi connectivity index (χ2n) is 3.24. The van der Waals surface area contributed by atoms with Crippen molar-refractivity contribution in [3.05, 3.63) is 42.5 Å². The number of nitrogens with one attached hydrogen (secondary N) is 1. The van der Waals surface area contributed by atoms with Crippen LogP contribution >= 0.6 is 0 Å². The molecule has 0 amide bonds. The zero-order valence-electron chi connectivity index (χ0n) is 9.34. The van der Waals surface area contributed by atoms with E-state index in [0.29, 0.717) is 11.3 Å². The first-order chi connectivity index (χ1) is 7.98. The minimum absolute atomic E-state index is 0.161. The molecule has 0 atom stereocenters. The first-order valence-corrected chi connectivity index (χ1v) is 6.43. The average molecular weight is 255 g/mol. The monoisotopic (exact) mass is 255 g/mol. The largest absolute Gasteiger partial charge is 0.465 e. The highest BCUT2D eigenvalue weighted by molar-refractivity contribution is 7.92. The van der Waals surface area contributed by atoms with Gasteiger partial charge in [-0.2, -0.15) is 0 Å². The van der Waals surface area contributed by atoms with Crippen molar-refractivity contribution in [2.45, 2.75) is 0 Å². The van der Waals surface area contributed by atoms with Gasteiger partial charge in [0, 0.05) is 5.69 Å². The van der Waals surface area contributed by atoms with E-state index >= 15 is 0 Å². The number of hydrogen-bond donors (Lipinski definition) is 1. The Morgan fingerprint density at radius 2 is 2.00 bits per heavy atom. The van der Waals surface area contributed by atoms with Crippen LogP contribution in [-0.2, 0) is 14.8 Å². The number of methoxy groups -OCH3 is 1. The van der Waals surface area contributed by atoms with E-state index in [1.54, 1.807) is 0 Å². The molecule has 0 saturated heterocycles. The number of hydrogen-bond acceptors (Lipinski definition) is 4. The predicted octanol–water partition coefficient (Wildman–Crippen LogP) is 1.40. The van der Waals surface area contributed by atoms with Gasteiger partial charge in [0.05, 0.1) is 18.4 Å². The molecule has 0 aliphatic carbocycles. The number of sulfonamides is 1. The van der Waals surface area contributed by atoms with Crippen LogP contribution in [0.25, 0.3) is 0 Å². The van der Waals surface area contributed by atoms with E-state index < -0.39 is 16.0 Å². The Kier molecular flexibility index (Phi) is 4.28. The molecule has 0 saturated carbocycles. The molecular formula is C11H13NO4S. The highest BCUT2D eigenvalue weighted by Crippen LogP contribution is 2.12. The fraction of sp³-hybridized carbons (Fsp3) is 0.182. The highest BCUT2D eigenvalue weighted by atomic mass is 32.2. The quantitative estimate of drug-likeness (QED) is 0.637. The lowest BCUT2D eigenvalue weighted by atomic mass is 10.2. The van der Waals surface area contributed by atoms with Crippen molar-refractivity contribution in [1.29, 1.82) is 0 Å². The van der Waals surface area contributed by atoms with Gasteiger partial charge < -0.3 is 4.74 Å². The Morgan fingerprint density at radius 1 is 1.41 bits per heavy atom. The Balaban J connectivity index is 2.82. The van der Waals surface area contributed by atoms with Crippen LogP contribution in [0.5, 0.6) is 0 Å². The summed E-state index contributed by atoms with van der Waals surface area (Å²) in [7, 11) is -2.13. The summed E-state index contributed by atoms with van der Waals surface area (Å²) in [6.07, 6.45) is 1.30. The van der Waals surface area contributed by atoms with Crippen LogP contribution in [0, 0.1) is 0 Å². The first-order valence-electron chi connectivity index (χ1n) is 4.78. The Bertz CT molecular complexity index is 505. The number of benzene rings is 1. The van der Waals surface area contributed by atoms with Crippen LogP contribution in [-0.4, -0.2) is 27.2 Å². The second kappa shape index (κ2) is 5.49. The van der Waals surface area contributed by atoms with Crippen LogP contribution in [0.15, 0.2) is 36.9 Å². The van der Waals surface area contributed by atoms with E-state index in [-0.39, 0.29) is 5.75 Å². The summed E-state index contributed by atoms with van der Waals surface area (Å²) < 4.78 is 29.7. The molecule has 0 aliphatic heterocycles. The molecule has 17 heavy (non-hydrogen) atoms. The van der Waals surface area contributed by atoms with Gasteiger partial charge in [-0.3, -0.25) is 4.72 Å². The van der Waals surface area contributed by atoms with Crippen molar-refractivity contribution in [2.24, 2.45) is 0 Å². The molecule has 0 aromatic heterocycles. The molecule has 0 aliphatic rings. The van der Waals surface area contributed by atoms with Gasteiger partial charge in [0.25, 0.3) is 0 Å². The summed E-state index contributed by atoms with van der Waals surface area (Å²) in [6, 6.07) is 5.95. The fourth-order valence-electron chi connectivity index (χ4n) is 1.17. The zero-order valence-corrected chi connectivity index (χ0v) is 10.2. The van der Waals surface area contributed by atoms with Crippen molar-refractivity contribution in [1.82, 2.24) is 0 Å². The molecule has 0 spiro atoms. The highest BCUT2D eigenvalue weighted by Gasteiger charge is 2.09. The lowest BCUT2D eigenvalue weighted by molar-refractivity contribution is 0.0601. The summed E-state index contributed by atoms with van der Waals surface area (Å²) >= 11 is 0. The minimum atomic E-state index is -3.41. The minimum Gasteiger partial charge on any atom is -0.465 e. The molecule has 1 aromatic rings. The van der Waals surface area contributed by atoms with Gasteiger partial charge in [-0.25, -0.2) is 13.2 Å². The van der Waals surface area contributed by atoms with Gasteiger partial charge in [0.2, 0.25) is 10.0 Å². The van der Waals surface area contributed by atoms with Crippen molar-refractivity contribution >= 4 is 21.7 Å². The molecule has 0 radical (unpaired) electrons. The lowest BCUT2D eigenvalue weighted by Gasteiger charge is -2.06. The first kappa shape index (κ1) is 13.2. The number of anilines is 1. The Labute approximate surface area is 100 Å². The maximum atomic E-state index is 11.4. The van der Waals surface area contributed by atoms with Crippen molar-refractivity contribution in [3.8, 4) is 0 Å². The number of esters is 1. The van der Waals surface area contributed by atoms with E-state index in [1.165, 1.54) is 37.5 Å². The number of carbonyl (C=O) groups excluding carboxylic acids is 1. The maximum Gasteiger partial charge on any atom is 0.337 e. The van der Waals surface area contributed by atoms with E-state index in [2.05, 4.69) is 16.0 Å². The van der Waals surface area contributed by atoms with Crippen LogP contribution in [0.1, 0.15) is 10.4 Å². The molecule has 1 N–H and O–H groups in total. The zero-order chi connectivity index (χ0) is 12.9. The smallest absolute Gasteiger partial charge is 0.337 e. The van der Waals surface area contributed by atoms with Crippen LogP contribution < -0.4 is 4.72 Å². The average Bonchev–Trinajstić information content (AvgIpc) is 2.28. The topological polar surface area (TPSA) is 72.5 Å². The van der Waals surface area contributed by atoms with E-state index in [1.807, 2.05) is 0 Å². The molecular weight excluding hydrogens is 242 g/mol. The lowest BCUT2D eigenvalue weighted by Crippen LogP contribution is -2.15. The van der Waals surface area contributed by atoms with E-state index in [0.717, 1.165) is 0 Å². The molecule has 0 fully saturated rings. The summed E-state index contributed by atoms with van der Waals surface area (Å²) in [5.41, 5.74) is 0.749. The molecule has 92 valence electrons. The third kappa shape index (κ3) is 3.92. The van der Waals surface area contributed by atoms with E-state index in [9.17, 15) is 13.2 Å². The van der Waals surface area contributed by atoms with Crippen LogP contribution in [0.4, 0.5) is 5.69 Å². The van der Waals surface area contributed by atoms with Crippen molar-refractivity contribution < 1.29 is 17.9 Å². The normalized spacial score (nSPS) is 10.6. The van der Waals surface area contributed by atoms with Crippen LogP contribution in [0.3, 0.4) is 0 Å². The number of carbonyl (C=O) groups is 1. The van der Waals surface area contributed by atoms with Gasteiger partial charge in [-0.05, 0) is 24.3 Å². The predicted molar refractivity (Wildman–Crippen MR) is 65.4 cm³/mol. The van der Waals surface area contributed by atoms with Crippen molar-refractivity contribution in [3.63, 3.8) is 0 Å². The van der Waals surface area contributed by atoms with Gasteiger partial charge >= 0.3 is 5.97 Å².